The maximum Gasteiger partial charge on any atom is 0.247 e. The highest BCUT2D eigenvalue weighted by Gasteiger charge is 2.47. The summed E-state index contributed by atoms with van der Waals surface area (Å²) in [6, 6.07) is 44.4. The molecule has 0 atom stereocenters. The lowest BCUT2D eigenvalue weighted by Gasteiger charge is -2.46. The maximum atomic E-state index is 2.63. The van der Waals surface area contributed by atoms with Gasteiger partial charge in [-0.25, -0.2) is 0 Å². The van der Waals surface area contributed by atoms with Gasteiger partial charge in [-0.2, -0.15) is 0 Å². The van der Waals surface area contributed by atoms with E-state index >= 15 is 0 Å². The summed E-state index contributed by atoms with van der Waals surface area (Å²) in [5.74, 6) is 0. The lowest BCUT2D eigenvalue weighted by Crippen LogP contribution is -2.64. The second-order valence-corrected chi connectivity index (χ2v) is 14.4. The number of hydrogen-bond donors (Lipinski definition) is 0. The fourth-order valence-electron chi connectivity index (χ4n) is 9.31. The molecule has 0 saturated heterocycles. The third kappa shape index (κ3) is 3.09. The van der Waals surface area contributed by atoms with Crippen molar-refractivity contribution in [3.05, 3.63) is 149 Å². The molecule has 218 valence electrons. The first-order valence-corrected chi connectivity index (χ1v) is 16.9. The molecule has 0 bridgehead atoms. The predicted molar refractivity (Wildman–Crippen MR) is 194 cm³/mol. The maximum absolute atomic E-state index is 2.63. The highest BCUT2D eigenvalue weighted by molar-refractivity contribution is 6.99. The normalized spacial score (nSPS) is 16.2. The molecule has 0 radical (unpaired) electrons. The van der Waals surface area contributed by atoms with E-state index in [0.717, 1.165) is 0 Å². The Kier molecular flexibility index (Phi) is 4.72. The predicted octanol–water partition coefficient (Wildman–Crippen LogP) is 7.92. The number of rotatable bonds is 2. The smallest absolute Gasteiger partial charge is 0.247 e. The number of aryl methyl sites for hydroxylation is 4. The molecule has 6 aromatic carbocycles. The molecule has 0 N–H and O–H groups in total. The topological polar surface area (TPSA) is 8.17 Å². The number of anilines is 3. The first-order chi connectivity index (χ1) is 22.6. The highest BCUT2D eigenvalue weighted by Crippen LogP contribution is 2.46. The quantitative estimate of drug-likeness (QED) is 0.186. The van der Waals surface area contributed by atoms with Crippen LogP contribution in [-0.2, 0) is 31.1 Å². The van der Waals surface area contributed by atoms with Gasteiger partial charge < -0.3 is 9.47 Å². The molecule has 2 nitrogen and oxygen atoms in total. The first kappa shape index (κ1) is 25.2. The summed E-state index contributed by atoms with van der Waals surface area (Å²) < 4.78 is 2.51. The van der Waals surface area contributed by atoms with Gasteiger partial charge in [0.2, 0.25) is 6.71 Å². The summed E-state index contributed by atoms with van der Waals surface area (Å²) >= 11 is 0. The van der Waals surface area contributed by atoms with E-state index in [1.54, 1.807) is 0 Å². The van der Waals surface area contributed by atoms with Gasteiger partial charge in [-0.05, 0) is 112 Å². The number of para-hydroxylation sites is 2. The molecule has 2 aliphatic heterocycles. The summed E-state index contributed by atoms with van der Waals surface area (Å²) in [6.45, 7) is 5.09. The Labute approximate surface area is 270 Å². The second kappa shape index (κ2) is 8.62. The number of nitrogens with zero attached hydrogens (tertiary/aromatic N) is 2. The van der Waals surface area contributed by atoms with E-state index in [2.05, 4.69) is 139 Å². The van der Waals surface area contributed by atoms with E-state index in [-0.39, 0.29) is 12.1 Å². The summed E-state index contributed by atoms with van der Waals surface area (Å²) in [7, 11) is 0. The number of aromatic nitrogens is 1. The summed E-state index contributed by atoms with van der Waals surface area (Å²) in [5.41, 5.74) is 20.9. The molecule has 7 aromatic rings. The lowest BCUT2D eigenvalue weighted by atomic mass is 9.30. The van der Waals surface area contributed by atoms with Gasteiger partial charge in [-0.1, -0.05) is 92.1 Å². The lowest BCUT2D eigenvalue weighted by molar-refractivity contribution is 0.645. The zero-order chi connectivity index (χ0) is 30.3. The fraction of sp³-hybridized carbons (Fsp3) is 0.163. The molecule has 0 amide bonds. The molecule has 0 saturated carbocycles. The standard InChI is InChI=1S/C43H33BN2/c1-43(2)34-11-5-6-12-36(34)44-37-22-28-17-18-29(28)23-40(37)45(30-20-19-26-15-16-27(26)21-30)41-25-31(24-35(43)42(41)44)46-38-13-7-3-9-32(38)33-10-4-8-14-39(33)46/h3-14,19-25H,15-18H2,1-2H3. The Morgan fingerprint density at radius 2 is 1.17 bits per heavy atom. The van der Waals surface area contributed by atoms with Crippen molar-refractivity contribution in [3.63, 3.8) is 0 Å². The number of benzene rings is 6. The number of hydrogen-bond acceptors (Lipinski definition) is 1. The van der Waals surface area contributed by atoms with E-state index in [9.17, 15) is 0 Å². The van der Waals surface area contributed by atoms with Crippen LogP contribution in [0.4, 0.5) is 17.1 Å². The molecule has 1 aromatic heterocycles. The Morgan fingerprint density at radius 1 is 0.522 bits per heavy atom. The number of fused-ring (bicyclic) bond motifs is 9. The molecule has 0 fully saturated rings. The summed E-state index contributed by atoms with van der Waals surface area (Å²) in [6.07, 6.45) is 4.74. The van der Waals surface area contributed by atoms with Crippen molar-refractivity contribution in [2.75, 3.05) is 4.90 Å². The molecule has 11 rings (SSSR count). The van der Waals surface area contributed by atoms with Crippen LogP contribution in [0, 0.1) is 0 Å². The van der Waals surface area contributed by atoms with Gasteiger partial charge in [0.25, 0.3) is 0 Å². The Hall–Kier alpha value is -5.02. The third-order valence-electron chi connectivity index (χ3n) is 11.8. The Bertz CT molecular complexity index is 2430. The SMILES string of the molecule is CC1(C)c2ccccc2B2c3cc4c(cc3N(c3ccc5c(c3)CC5)c3cc(-n5c6ccccc6c6ccccc65)cc1c32)CC4. The van der Waals surface area contributed by atoms with Crippen molar-refractivity contribution in [2.24, 2.45) is 0 Å². The van der Waals surface area contributed by atoms with Crippen molar-refractivity contribution in [1.82, 2.24) is 4.57 Å². The van der Waals surface area contributed by atoms with Crippen LogP contribution >= 0.6 is 0 Å². The molecular weight excluding hydrogens is 555 g/mol. The first-order valence-electron chi connectivity index (χ1n) is 16.9. The van der Waals surface area contributed by atoms with E-state index < -0.39 is 0 Å². The van der Waals surface area contributed by atoms with Crippen molar-refractivity contribution >= 4 is 62.0 Å². The molecule has 3 heteroatoms. The van der Waals surface area contributed by atoms with Crippen LogP contribution in [0.1, 0.15) is 47.2 Å². The van der Waals surface area contributed by atoms with Crippen LogP contribution in [0.5, 0.6) is 0 Å². The second-order valence-electron chi connectivity index (χ2n) is 14.4. The molecule has 3 heterocycles. The molecule has 0 unspecified atom stereocenters. The van der Waals surface area contributed by atoms with Crippen LogP contribution in [-0.4, -0.2) is 11.3 Å². The largest absolute Gasteiger partial charge is 0.311 e. The van der Waals surface area contributed by atoms with Crippen LogP contribution in [0.2, 0.25) is 0 Å². The molecule has 46 heavy (non-hydrogen) atoms. The van der Waals surface area contributed by atoms with Gasteiger partial charge in [0.15, 0.2) is 0 Å². The van der Waals surface area contributed by atoms with Crippen molar-refractivity contribution in [3.8, 4) is 5.69 Å². The van der Waals surface area contributed by atoms with Crippen molar-refractivity contribution in [1.29, 1.82) is 0 Å². The van der Waals surface area contributed by atoms with E-state index in [4.69, 9.17) is 0 Å². The van der Waals surface area contributed by atoms with Gasteiger partial charge in [0, 0.05) is 38.9 Å². The van der Waals surface area contributed by atoms with Crippen molar-refractivity contribution in [2.45, 2.75) is 44.9 Å². The summed E-state index contributed by atoms with van der Waals surface area (Å²) in [5, 5.41) is 2.60. The minimum atomic E-state index is -0.157. The highest BCUT2D eigenvalue weighted by atomic mass is 15.2. The van der Waals surface area contributed by atoms with E-state index in [1.165, 1.54) is 120 Å². The van der Waals surface area contributed by atoms with Crippen LogP contribution in [0.25, 0.3) is 27.5 Å². The van der Waals surface area contributed by atoms with Gasteiger partial charge in [-0.3, -0.25) is 0 Å². The average Bonchev–Trinajstić information content (AvgIpc) is 3.39. The zero-order valence-electron chi connectivity index (χ0n) is 26.3. The van der Waals surface area contributed by atoms with Crippen LogP contribution < -0.4 is 21.3 Å². The van der Waals surface area contributed by atoms with Gasteiger partial charge in [0.05, 0.1) is 11.0 Å². The van der Waals surface area contributed by atoms with Gasteiger partial charge >= 0.3 is 0 Å². The molecule has 0 spiro atoms. The average molecular weight is 589 g/mol. The minimum Gasteiger partial charge on any atom is -0.311 e. The summed E-state index contributed by atoms with van der Waals surface area (Å²) in [4.78, 5) is 2.63. The Balaban J connectivity index is 1.29. The Morgan fingerprint density at radius 3 is 1.89 bits per heavy atom. The van der Waals surface area contributed by atoms with Gasteiger partial charge in [0.1, 0.15) is 0 Å². The zero-order valence-corrected chi connectivity index (χ0v) is 26.3. The fourth-order valence-corrected chi connectivity index (χ4v) is 9.31. The molecule has 4 aliphatic rings. The molecular formula is C43H33BN2. The van der Waals surface area contributed by atoms with Crippen molar-refractivity contribution < 1.29 is 0 Å². The minimum absolute atomic E-state index is 0.157. The monoisotopic (exact) mass is 588 g/mol. The van der Waals surface area contributed by atoms with Crippen LogP contribution in [0.3, 0.4) is 0 Å². The van der Waals surface area contributed by atoms with E-state index in [1.807, 2.05) is 0 Å². The van der Waals surface area contributed by atoms with Crippen LogP contribution in [0.15, 0.2) is 115 Å². The van der Waals surface area contributed by atoms with E-state index in [0.29, 0.717) is 0 Å². The third-order valence-corrected chi connectivity index (χ3v) is 11.8. The molecule has 2 aliphatic carbocycles. The van der Waals surface area contributed by atoms with Gasteiger partial charge in [-0.15, -0.1) is 0 Å².